The van der Waals surface area contributed by atoms with E-state index < -0.39 is 5.91 Å². The highest BCUT2D eigenvalue weighted by atomic mass is 32.2. The van der Waals surface area contributed by atoms with E-state index in [1.54, 1.807) is 12.4 Å². The van der Waals surface area contributed by atoms with Gasteiger partial charge in [0.05, 0.1) is 11.3 Å². The zero-order valence-electron chi connectivity index (χ0n) is 18.2. The van der Waals surface area contributed by atoms with Gasteiger partial charge in [-0.1, -0.05) is 30.0 Å². The standard InChI is InChI=1S/C24H22N6O2S2/c25-21(32)20-17-10-4-5-11-18(17)34-23(20)27-19(31)14-33-24-29-28-22(15-7-6-12-26-13-15)30(24)16-8-2-1-3-9-16/h1-3,6-9,12-13H,4-5,10-11,14H2,(H2,25,32)(H,27,31). The van der Waals surface area contributed by atoms with Crippen LogP contribution in [0.25, 0.3) is 17.1 Å². The maximum Gasteiger partial charge on any atom is 0.251 e. The topological polar surface area (TPSA) is 116 Å². The summed E-state index contributed by atoms with van der Waals surface area (Å²) in [5, 5.41) is 12.7. The number of hydrogen-bond acceptors (Lipinski definition) is 7. The lowest BCUT2D eigenvalue weighted by molar-refractivity contribution is -0.113. The summed E-state index contributed by atoms with van der Waals surface area (Å²) in [6.45, 7) is 0. The van der Waals surface area contributed by atoms with Crippen LogP contribution in [-0.4, -0.2) is 37.3 Å². The van der Waals surface area contributed by atoms with E-state index in [1.807, 2.05) is 47.0 Å². The molecular weight excluding hydrogens is 468 g/mol. The van der Waals surface area contributed by atoms with Crippen molar-refractivity contribution in [3.05, 3.63) is 70.9 Å². The number of anilines is 1. The van der Waals surface area contributed by atoms with Gasteiger partial charge in [0.1, 0.15) is 5.00 Å². The van der Waals surface area contributed by atoms with E-state index in [0.29, 0.717) is 21.5 Å². The van der Waals surface area contributed by atoms with E-state index in [9.17, 15) is 9.59 Å². The molecule has 1 aromatic carbocycles. The number of nitrogens with zero attached hydrogens (tertiary/aromatic N) is 4. The van der Waals surface area contributed by atoms with E-state index >= 15 is 0 Å². The Labute approximate surface area is 204 Å². The number of pyridine rings is 1. The molecule has 34 heavy (non-hydrogen) atoms. The van der Waals surface area contributed by atoms with Crippen molar-refractivity contribution in [2.75, 3.05) is 11.1 Å². The molecule has 0 spiro atoms. The number of aromatic nitrogens is 4. The Morgan fingerprint density at radius 2 is 1.91 bits per heavy atom. The minimum Gasteiger partial charge on any atom is -0.365 e. The first kappa shape index (κ1) is 22.3. The zero-order valence-corrected chi connectivity index (χ0v) is 19.9. The molecule has 0 saturated carbocycles. The van der Waals surface area contributed by atoms with Crippen LogP contribution < -0.4 is 11.1 Å². The van der Waals surface area contributed by atoms with Gasteiger partial charge >= 0.3 is 0 Å². The molecule has 0 aliphatic heterocycles. The number of rotatable bonds is 7. The molecular formula is C24H22N6O2S2. The molecule has 0 unspecified atom stereocenters. The molecule has 10 heteroatoms. The SMILES string of the molecule is NC(=O)c1c(NC(=O)CSc2nnc(-c3cccnc3)n2-c2ccccc2)sc2c1CCCC2. The number of carbonyl (C=O) groups excluding carboxylic acids is 2. The van der Waals surface area contributed by atoms with Crippen molar-refractivity contribution in [1.29, 1.82) is 0 Å². The monoisotopic (exact) mass is 490 g/mol. The lowest BCUT2D eigenvalue weighted by atomic mass is 9.95. The first-order valence-electron chi connectivity index (χ1n) is 10.9. The van der Waals surface area contributed by atoms with E-state index in [2.05, 4.69) is 20.5 Å². The fourth-order valence-electron chi connectivity index (χ4n) is 4.06. The maximum atomic E-state index is 12.9. The number of thioether (sulfide) groups is 1. The van der Waals surface area contributed by atoms with Crippen LogP contribution in [0.5, 0.6) is 0 Å². The van der Waals surface area contributed by atoms with Gasteiger partial charge in [0.2, 0.25) is 5.91 Å². The summed E-state index contributed by atoms with van der Waals surface area (Å²) in [7, 11) is 0. The van der Waals surface area contributed by atoms with Crippen molar-refractivity contribution in [2.45, 2.75) is 30.8 Å². The Hall–Kier alpha value is -3.50. The van der Waals surface area contributed by atoms with Gasteiger partial charge in [-0.3, -0.25) is 19.1 Å². The summed E-state index contributed by atoms with van der Waals surface area (Å²) < 4.78 is 1.91. The smallest absolute Gasteiger partial charge is 0.251 e. The number of nitrogens with two attached hydrogens (primary N) is 1. The van der Waals surface area contributed by atoms with E-state index in [1.165, 1.54) is 23.1 Å². The minimum absolute atomic E-state index is 0.110. The molecule has 5 rings (SSSR count). The molecule has 3 aromatic heterocycles. The van der Waals surface area contributed by atoms with Crippen LogP contribution in [0.3, 0.4) is 0 Å². The largest absolute Gasteiger partial charge is 0.365 e. The number of para-hydroxylation sites is 1. The van der Waals surface area contributed by atoms with Crippen LogP contribution >= 0.6 is 23.1 Å². The fourth-order valence-corrected chi connectivity index (χ4v) is 6.13. The lowest BCUT2D eigenvalue weighted by Crippen LogP contribution is -2.19. The molecule has 0 bridgehead atoms. The highest BCUT2D eigenvalue weighted by Gasteiger charge is 2.25. The number of thiophene rings is 1. The number of amides is 2. The van der Waals surface area contributed by atoms with Gasteiger partial charge in [-0.25, -0.2) is 0 Å². The zero-order chi connectivity index (χ0) is 23.5. The second kappa shape index (κ2) is 9.78. The fraction of sp³-hybridized carbons (Fsp3) is 0.208. The second-order valence-electron chi connectivity index (χ2n) is 7.83. The number of fused-ring (bicyclic) bond motifs is 1. The van der Waals surface area contributed by atoms with Crippen molar-refractivity contribution >= 4 is 39.9 Å². The molecule has 0 atom stereocenters. The van der Waals surface area contributed by atoms with Crippen LogP contribution in [0.2, 0.25) is 0 Å². The Morgan fingerprint density at radius 1 is 1.09 bits per heavy atom. The second-order valence-corrected chi connectivity index (χ2v) is 9.88. The summed E-state index contributed by atoms with van der Waals surface area (Å²) in [5.41, 5.74) is 8.82. The van der Waals surface area contributed by atoms with Crippen LogP contribution in [-0.2, 0) is 17.6 Å². The molecule has 1 aliphatic carbocycles. The number of nitrogens with one attached hydrogen (secondary N) is 1. The van der Waals surface area contributed by atoms with E-state index in [0.717, 1.165) is 47.4 Å². The van der Waals surface area contributed by atoms with Crippen LogP contribution in [0, 0.1) is 0 Å². The first-order valence-corrected chi connectivity index (χ1v) is 12.7. The normalized spacial score (nSPS) is 12.8. The quantitative estimate of drug-likeness (QED) is 0.377. The first-order chi connectivity index (χ1) is 16.6. The van der Waals surface area contributed by atoms with Gasteiger partial charge in [-0.05, 0) is 55.5 Å². The number of aryl methyl sites for hydroxylation is 1. The summed E-state index contributed by atoms with van der Waals surface area (Å²) in [6, 6.07) is 13.5. The van der Waals surface area contributed by atoms with Crippen molar-refractivity contribution in [3.8, 4) is 17.1 Å². The molecule has 2 amide bonds. The average Bonchev–Trinajstić information content (AvgIpc) is 3.45. The number of hydrogen-bond donors (Lipinski definition) is 2. The van der Waals surface area contributed by atoms with Crippen LogP contribution in [0.15, 0.2) is 60.0 Å². The molecule has 0 radical (unpaired) electrons. The van der Waals surface area contributed by atoms with Gasteiger partial charge in [0.25, 0.3) is 5.91 Å². The third-order valence-electron chi connectivity index (χ3n) is 5.57. The van der Waals surface area contributed by atoms with Crippen LogP contribution in [0.4, 0.5) is 5.00 Å². The van der Waals surface area contributed by atoms with Gasteiger partial charge in [0.15, 0.2) is 11.0 Å². The molecule has 1 aliphatic rings. The van der Waals surface area contributed by atoms with E-state index in [4.69, 9.17) is 5.73 Å². The Morgan fingerprint density at radius 3 is 2.68 bits per heavy atom. The molecule has 4 aromatic rings. The van der Waals surface area contributed by atoms with E-state index in [-0.39, 0.29) is 11.7 Å². The predicted molar refractivity (Wildman–Crippen MR) is 133 cm³/mol. The highest BCUT2D eigenvalue weighted by Crippen LogP contribution is 2.38. The highest BCUT2D eigenvalue weighted by molar-refractivity contribution is 7.99. The Bertz CT molecular complexity index is 1330. The Balaban J connectivity index is 1.38. The number of primary amides is 1. The molecule has 3 N–H and O–H groups in total. The molecule has 3 heterocycles. The molecule has 0 fully saturated rings. The maximum absolute atomic E-state index is 12.9. The number of benzene rings is 1. The summed E-state index contributed by atoms with van der Waals surface area (Å²) >= 11 is 2.74. The molecule has 0 saturated heterocycles. The van der Waals surface area contributed by atoms with Gasteiger partial charge in [0, 0.05) is 28.5 Å². The Kier molecular flexibility index (Phi) is 6.41. The third-order valence-corrected chi connectivity index (χ3v) is 7.71. The molecule has 172 valence electrons. The van der Waals surface area contributed by atoms with Crippen molar-refractivity contribution < 1.29 is 9.59 Å². The van der Waals surface area contributed by atoms with Gasteiger partial charge < -0.3 is 11.1 Å². The summed E-state index contributed by atoms with van der Waals surface area (Å²) in [4.78, 5) is 30.3. The average molecular weight is 491 g/mol. The third kappa shape index (κ3) is 4.46. The number of carbonyl (C=O) groups is 2. The van der Waals surface area contributed by atoms with Crippen LogP contribution in [0.1, 0.15) is 33.6 Å². The summed E-state index contributed by atoms with van der Waals surface area (Å²) in [6.07, 6.45) is 7.29. The predicted octanol–water partition coefficient (Wildman–Crippen LogP) is 4.10. The van der Waals surface area contributed by atoms with Crippen molar-refractivity contribution in [1.82, 2.24) is 19.7 Å². The lowest BCUT2D eigenvalue weighted by Gasteiger charge is -2.11. The van der Waals surface area contributed by atoms with Crippen molar-refractivity contribution in [3.63, 3.8) is 0 Å². The van der Waals surface area contributed by atoms with Crippen molar-refractivity contribution in [2.24, 2.45) is 5.73 Å². The van der Waals surface area contributed by atoms with Gasteiger partial charge in [-0.15, -0.1) is 21.5 Å². The molecule has 8 nitrogen and oxygen atoms in total. The minimum atomic E-state index is -0.493. The summed E-state index contributed by atoms with van der Waals surface area (Å²) in [5.74, 6) is 0.0340. The van der Waals surface area contributed by atoms with Gasteiger partial charge in [-0.2, -0.15) is 0 Å².